The highest BCUT2D eigenvalue weighted by Gasteiger charge is 2.33. The van der Waals surface area contributed by atoms with E-state index in [0.717, 1.165) is 18.6 Å². The van der Waals surface area contributed by atoms with E-state index in [1.165, 1.54) is 16.9 Å². The lowest BCUT2D eigenvalue weighted by atomic mass is 10.1. The highest BCUT2D eigenvalue weighted by atomic mass is 32.1. The van der Waals surface area contributed by atoms with Crippen molar-refractivity contribution in [2.45, 2.75) is 32.4 Å². The Bertz CT molecular complexity index is 841. The molecule has 0 aliphatic carbocycles. The number of thiocarbonyl (C=S) groups is 1. The van der Waals surface area contributed by atoms with Crippen LogP contribution in [0.1, 0.15) is 40.4 Å². The van der Waals surface area contributed by atoms with Gasteiger partial charge in [-0.05, 0) is 35.6 Å². The van der Waals surface area contributed by atoms with Gasteiger partial charge in [-0.15, -0.1) is 11.3 Å². The third kappa shape index (κ3) is 4.45. The maximum atomic E-state index is 13.1. The first kappa shape index (κ1) is 18.5. The Balaban J connectivity index is 1.83. The number of aryl methyl sites for hydroxylation is 1. The van der Waals surface area contributed by atoms with E-state index >= 15 is 0 Å². The van der Waals surface area contributed by atoms with Crippen LogP contribution >= 0.6 is 23.6 Å². The van der Waals surface area contributed by atoms with E-state index in [1.807, 2.05) is 58.7 Å². The number of carbonyl (C=O) groups is 1. The molecule has 0 aromatic carbocycles. The van der Waals surface area contributed by atoms with Gasteiger partial charge in [-0.2, -0.15) is 4.57 Å². The number of Topliss-reactive ketones (excluding diaryl/α,β-unsaturated/α-hetero) is 1. The van der Waals surface area contributed by atoms with E-state index in [9.17, 15) is 4.79 Å². The fourth-order valence-corrected chi connectivity index (χ4v) is 3.71. The van der Waals surface area contributed by atoms with Crippen molar-refractivity contribution in [2.24, 2.45) is 0 Å². The molecule has 0 saturated heterocycles. The maximum absolute atomic E-state index is 13.1. The molecule has 0 amide bonds. The van der Waals surface area contributed by atoms with Gasteiger partial charge in [-0.25, -0.2) is 0 Å². The van der Waals surface area contributed by atoms with Crippen LogP contribution in [-0.4, -0.2) is 10.8 Å². The molecule has 3 rings (SSSR count). The quantitative estimate of drug-likeness (QED) is 0.360. The van der Waals surface area contributed by atoms with Crippen LogP contribution in [0.3, 0.4) is 0 Å². The second kappa shape index (κ2) is 8.87. The molecule has 6 heteroatoms. The van der Waals surface area contributed by atoms with E-state index in [1.54, 1.807) is 6.26 Å². The Kier molecular flexibility index (Phi) is 6.30. The van der Waals surface area contributed by atoms with Crippen LogP contribution in [0.4, 0.5) is 0 Å². The van der Waals surface area contributed by atoms with Crippen molar-refractivity contribution in [3.05, 3.63) is 76.6 Å². The van der Waals surface area contributed by atoms with Crippen LogP contribution in [0.15, 0.2) is 64.9 Å². The van der Waals surface area contributed by atoms with Crippen LogP contribution in [-0.2, 0) is 13.0 Å². The van der Waals surface area contributed by atoms with Crippen LogP contribution < -0.4 is 9.88 Å². The van der Waals surface area contributed by atoms with Crippen molar-refractivity contribution in [2.75, 3.05) is 0 Å². The molecule has 0 unspecified atom stereocenters. The zero-order valence-electron chi connectivity index (χ0n) is 14.6. The zero-order valence-corrected chi connectivity index (χ0v) is 16.2. The maximum Gasteiger partial charge on any atom is 0.271 e. The molecule has 3 aromatic heterocycles. The van der Waals surface area contributed by atoms with Crippen molar-refractivity contribution in [3.63, 3.8) is 0 Å². The molecule has 4 nitrogen and oxygen atoms in total. The lowest BCUT2D eigenvalue weighted by Crippen LogP contribution is -2.51. The summed E-state index contributed by atoms with van der Waals surface area (Å²) in [5.74, 6) is 0.767. The smallest absolute Gasteiger partial charge is 0.271 e. The van der Waals surface area contributed by atoms with Gasteiger partial charge in [0.25, 0.3) is 6.04 Å². The predicted octanol–water partition coefficient (Wildman–Crippen LogP) is 4.12. The van der Waals surface area contributed by atoms with Crippen molar-refractivity contribution in [3.8, 4) is 0 Å². The number of nitrogens with one attached hydrogen (secondary N) is 1. The molecular formula is C20H21N2O2S2+. The van der Waals surface area contributed by atoms with Crippen LogP contribution in [0.5, 0.6) is 0 Å². The van der Waals surface area contributed by atoms with Gasteiger partial charge in [0.15, 0.2) is 17.4 Å². The Labute approximate surface area is 162 Å². The Morgan fingerprint density at radius 2 is 2.08 bits per heavy atom. The second-order valence-corrected chi connectivity index (χ2v) is 7.33. The Morgan fingerprint density at radius 3 is 2.69 bits per heavy atom. The molecule has 0 fully saturated rings. The van der Waals surface area contributed by atoms with Gasteiger partial charge in [0.2, 0.25) is 5.78 Å². The minimum atomic E-state index is -0.575. The van der Waals surface area contributed by atoms with Crippen molar-refractivity contribution in [1.29, 1.82) is 0 Å². The van der Waals surface area contributed by atoms with Crippen molar-refractivity contribution in [1.82, 2.24) is 5.32 Å². The van der Waals surface area contributed by atoms with E-state index in [2.05, 4.69) is 12.2 Å². The molecule has 3 aromatic rings. The largest absolute Gasteiger partial charge is 0.467 e. The lowest BCUT2D eigenvalue weighted by molar-refractivity contribution is -0.692. The van der Waals surface area contributed by atoms with Gasteiger partial charge >= 0.3 is 0 Å². The Hall–Kier alpha value is -2.31. The third-order valence-corrected chi connectivity index (χ3v) is 5.29. The summed E-state index contributed by atoms with van der Waals surface area (Å²) in [6.45, 7) is 2.60. The topological polar surface area (TPSA) is 46.1 Å². The normalized spacial score (nSPS) is 11.9. The average molecular weight is 386 g/mol. The fraction of sp³-hybridized carbons (Fsp3) is 0.250. The number of nitrogens with zero attached hydrogens (tertiary/aromatic N) is 1. The van der Waals surface area contributed by atoms with Crippen LogP contribution in [0.25, 0.3) is 0 Å². The molecule has 0 aliphatic heterocycles. The summed E-state index contributed by atoms with van der Waals surface area (Å²) in [5.41, 5.74) is 1.25. The summed E-state index contributed by atoms with van der Waals surface area (Å²) >= 11 is 7.00. The van der Waals surface area contributed by atoms with Gasteiger partial charge in [0.05, 0.1) is 17.7 Å². The SMILES string of the molecule is CCCc1cc[n+]([C@@H](C(=O)c2cccs2)C(=S)NCc2ccco2)cc1. The summed E-state index contributed by atoms with van der Waals surface area (Å²) in [5, 5.41) is 5.07. The highest BCUT2D eigenvalue weighted by Crippen LogP contribution is 2.16. The molecule has 0 spiro atoms. The van der Waals surface area contributed by atoms with Gasteiger partial charge in [-0.3, -0.25) is 4.79 Å². The number of carbonyl (C=O) groups excluding carboxylic acids is 1. The lowest BCUT2D eigenvalue weighted by Gasteiger charge is -2.14. The van der Waals surface area contributed by atoms with Crippen LogP contribution in [0, 0.1) is 0 Å². The average Bonchev–Trinajstić information content (AvgIpc) is 3.36. The van der Waals surface area contributed by atoms with Gasteiger partial charge in [-0.1, -0.05) is 31.6 Å². The minimum Gasteiger partial charge on any atom is -0.467 e. The van der Waals surface area contributed by atoms with Crippen molar-refractivity contribution < 1.29 is 13.8 Å². The number of ketones is 1. The molecule has 134 valence electrons. The van der Waals surface area contributed by atoms with Crippen molar-refractivity contribution >= 4 is 34.3 Å². The molecule has 26 heavy (non-hydrogen) atoms. The predicted molar refractivity (Wildman–Crippen MR) is 106 cm³/mol. The van der Waals surface area contributed by atoms with Gasteiger partial charge in [0, 0.05) is 12.1 Å². The second-order valence-electron chi connectivity index (χ2n) is 5.94. The number of hydrogen-bond donors (Lipinski definition) is 1. The van der Waals surface area contributed by atoms with E-state index in [0.29, 0.717) is 16.4 Å². The molecule has 0 aliphatic rings. The molecule has 0 radical (unpaired) electrons. The summed E-state index contributed by atoms with van der Waals surface area (Å²) in [6.07, 6.45) is 7.59. The fourth-order valence-electron chi connectivity index (χ4n) is 2.72. The minimum absolute atomic E-state index is 0.00909. The number of hydrogen-bond acceptors (Lipinski definition) is 4. The van der Waals surface area contributed by atoms with Gasteiger partial charge in [0.1, 0.15) is 5.76 Å². The number of aromatic nitrogens is 1. The molecule has 1 N–H and O–H groups in total. The summed E-state index contributed by atoms with van der Waals surface area (Å²) in [4.78, 5) is 14.2. The number of furan rings is 1. The van der Waals surface area contributed by atoms with E-state index in [-0.39, 0.29) is 5.78 Å². The summed E-state index contributed by atoms with van der Waals surface area (Å²) in [7, 11) is 0. The number of rotatable bonds is 8. The monoisotopic (exact) mass is 385 g/mol. The molecule has 1 atom stereocenters. The first-order valence-electron chi connectivity index (χ1n) is 8.56. The van der Waals surface area contributed by atoms with Crippen LogP contribution in [0.2, 0.25) is 0 Å². The zero-order chi connectivity index (χ0) is 18.4. The summed E-state index contributed by atoms with van der Waals surface area (Å²) in [6, 6.07) is 10.9. The molecule has 0 saturated carbocycles. The Morgan fingerprint density at radius 1 is 1.27 bits per heavy atom. The first-order chi connectivity index (χ1) is 12.7. The highest BCUT2D eigenvalue weighted by molar-refractivity contribution is 7.80. The molecule has 0 bridgehead atoms. The summed E-state index contributed by atoms with van der Waals surface area (Å²) < 4.78 is 7.21. The third-order valence-electron chi connectivity index (χ3n) is 4.04. The molecular weight excluding hydrogens is 364 g/mol. The first-order valence-corrected chi connectivity index (χ1v) is 9.85. The molecule has 3 heterocycles. The number of pyridine rings is 1. The van der Waals surface area contributed by atoms with E-state index in [4.69, 9.17) is 16.6 Å². The number of thiophene rings is 1. The van der Waals surface area contributed by atoms with E-state index < -0.39 is 6.04 Å². The standard InChI is InChI=1S/C20H20N2O2S2/c1-2-5-15-8-10-22(11-9-15)18(19(23)17-7-4-13-26-17)20(25)21-14-16-6-3-12-24-16/h3-4,6-13,18H,2,5,14H2,1H3/p+1/t18-/m0/s1. The van der Waals surface area contributed by atoms with Gasteiger partial charge < -0.3 is 9.73 Å².